The van der Waals surface area contributed by atoms with Gasteiger partial charge in [-0.05, 0) is 73.2 Å². The van der Waals surface area contributed by atoms with Crippen molar-refractivity contribution >= 4 is 50.6 Å². The number of aromatic nitrogens is 2. The fourth-order valence-electron chi connectivity index (χ4n) is 3.38. The topological polar surface area (TPSA) is 104 Å². The van der Waals surface area contributed by atoms with Crippen LogP contribution < -0.4 is 5.56 Å². The summed E-state index contributed by atoms with van der Waals surface area (Å²) in [7, 11) is 0. The molecular weight excluding hydrogens is 502 g/mol. The smallest absolute Gasteiger partial charge is 0.338 e. The van der Waals surface area contributed by atoms with Crippen LogP contribution in [-0.2, 0) is 4.74 Å². The summed E-state index contributed by atoms with van der Waals surface area (Å²) in [6.45, 7) is 2.00. The van der Waals surface area contributed by atoms with Gasteiger partial charge in [0.2, 0.25) is 0 Å². The van der Waals surface area contributed by atoms with Crippen LogP contribution in [0, 0.1) is 10.1 Å². The lowest BCUT2D eigenvalue weighted by molar-refractivity contribution is -0.384. The number of rotatable bonds is 6. The summed E-state index contributed by atoms with van der Waals surface area (Å²) < 4.78 is 7.22. The molecular formula is C25H18BrN3O5. The van der Waals surface area contributed by atoms with E-state index in [-0.39, 0.29) is 17.9 Å². The van der Waals surface area contributed by atoms with E-state index in [1.165, 1.54) is 16.7 Å². The number of hydrogen-bond donors (Lipinski definition) is 0. The zero-order valence-corrected chi connectivity index (χ0v) is 19.6. The van der Waals surface area contributed by atoms with Crippen molar-refractivity contribution in [3.05, 3.63) is 109 Å². The van der Waals surface area contributed by atoms with Crippen LogP contribution in [0.3, 0.4) is 0 Å². The van der Waals surface area contributed by atoms with E-state index in [1.54, 1.807) is 73.7 Å². The normalized spacial score (nSPS) is 11.1. The molecule has 34 heavy (non-hydrogen) atoms. The van der Waals surface area contributed by atoms with Crippen molar-refractivity contribution in [3.8, 4) is 5.69 Å². The van der Waals surface area contributed by atoms with Crippen LogP contribution in [0.25, 0.3) is 28.7 Å². The SMILES string of the molecule is CCOC(=O)c1ccc(-n2c(/C=C/c3ccc([N+](=O)[O-])cc3)nc3ccc(Br)cc3c2=O)cc1. The standard InChI is InChI=1S/C25H18BrN3O5/c1-2-34-25(31)17-6-11-19(12-7-17)28-23(14-5-16-3-9-20(10-4-16)29(32)33)27-22-13-8-18(26)15-21(22)24(28)30/h3-15H,2H2,1H3/b14-5+. The Labute approximate surface area is 202 Å². The minimum absolute atomic E-state index is 0.00912. The predicted molar refractivity (Wildman–Crippen MR) is 133 cm³/mol. The minimum Gasteiger partial charge on any atom is -0.462 e. The Morgan fingerprint density at radius 2 is 1.79 bits per heavy atom. The number of carbonyl (C=O) groups excluding carboxylic acids is 1. The first-order chi connectivity index (χ1) is 16.4. The van der Waals surface area contributed by atoms with E-state index in [4.69, 9.17) is 4.74 Å². The fraction of sp³-hybridized carbons (Fsp3) is 0.0800. The number of nitro benzene ring substituents is 1. The zero-order chi connectivity index (χ0) is 24.2. The summed E-state index contributed by atoms with van der Waals surface area (Å²) in [4.78, 5) is 40.5. The third-order valence-electron chi connectivity index (χ3n) is 5.02. The molecule has 170 valence electrons. The maximum absolute atomic E-state index is 13.5. The third kappa shape index (κ3) is 4.79. The average molecular weight is 520 g/mol. The average Bonchev–Trinajstić information content (AvgIpc) is 2.84. The quantitative estimate of drug-likeness (QED) is 0.192. The van der Waals surface area contributed by atoms with Crippen molar-refractivity contribution in [2.24, 2.45) is 0 Å². The molecule has 0 aliphatic heterocycles. The molecule has 0 unspecified atom stereocenters. The highest BCUT2D eigenvalue weighted by Crippen LogP contribution is 2.20. The van der Waals surface area contributed by atoms with E-state index in [1.807, 2.05) is 0 Å². The first-order valence-electron chi connectivity index (χ1n) is 10.3. The molecule has 4 rings (SSSR count). The van der Waals surface area contributed by atoms with Crippen molar-refractivity contribution < 1.29 is 14.5 Å². The molecule has 3 aromatic carbocycles. The van der Waals surface area contributed by atoms with Crippen LogP contribution in [0.15, 0.2) is 76.0 Å². The van der Waals surface area contributed by atoms with Gasteiger partial charge in [-0.2, -0.15) is 0 Å². The number of carbonyl (C=O) groups is 1. The van der Waals surface area contributed by atoms with E-state index in [9.17, 15) is 19.7 Å². The highest BCUT2D eigenvalue weighted by atomic mass is 79.9. The van der Waals surface area contributed by atoms with Gasteiger partial charge in [0.05, 0.1) is 33.7 Å². The van der Waals surface area contributed by atoms with Crippen LogP contribution in [0.5, 0.6) is 0 Å². The predicted octanol–water partition coefficient (Wildman–Crippen LogP) is 5.40. The highest BCUT2D eigenvalue weighted by molar-refractivity contribution is 9.10. The van der Waals surface area contributed by atoms with Gasteiger partial charge in [-0.3, -0.25) is 19.5 Å². The zero-order valence-electron chi connectivity index (χ0n) is 18.0. The van der Waals surface area contributed by atoms with Gasteiger partial charge in [0.25, 0.3) is 11.2 Å². The van der Waals surface area contributed by atoms with E-state index >= 15 is 0 Å². The molecule has 0 saturated heterocycles. The molecule has 0 aliphatic rings. The molecule has 1 heterocycles. The molecule has 0 amide bonds. The number of hydrogen-bond acceptors (Lipinski definition) is 6. The molecule has 0 saturated carbocycles. The molecule has 0 radical (unpaired) electrons. The molecule has 0 aliphatic carbocycles. The molecule has 0 bridgehead atoms. The van der Waals surface area contributed by atoms with Crippen LogP contribution in [0.2, 0.25) is 0 Å². The Balaban J connectivity index is 1.83. The number of esters is 1. The van der Waals surface area contributed by atoms with Gasteiger partial charge in [-0.1, -0.05) is 22.0 Å². The third-order valence-corrected chi connectivity index (χ3v) is 5.51. The van der Waals surface area contributed by atoms with E-state index < -0.39 is 10.9 Å². The fourth-order valence-corrected chi connectivity index (χ4v) is 3.74. The molecule has 0 fully saturated rings. The lowest BCUT2D eigenvalue weighted by Gasteiger charge is -2.12. The Kier molecular flexibility index (Phi) is 6.65. The monoisotopic (exact) mass is 519 g/mol. The van der Waals surface area contributed by atoms with E-state index in [0.717, 1.165) is 4.47 Å². The Hall–Kier alpha value is -4.11. The first-order valence-corrected chi connectivity index (χ1v) is 11.1. The lowest BCUT2D eigenvalue weighted by Crippen LogP contribution is -2.22. The van der Waals surface area contributed by atoms with Gasteiger partial charge in [-0.15, -0.1) is 0 Å². The van der Waals surface area contributed by atoms with Crippen LogP contribution in [0.1, 0.15) is 28.7 Å². The molecule has 9 heteroatoms. The number of non-ortho nitro benzene ring substituents is 1. The maximum Gasteiger partial charge on any atom is 0.338 e. The number of fused-ring (bicyclic) bond motifs is 1. The van der Waals surface area contributed by atoms with Crippen molar-refractivity contribution in [2.45, 2.75) is 6.92 Å². The summed E-state index contributed by atoms with van der Waals surface area (Å²) in [6, 6.07) is 17.8. The number of ether oxygens (including phenoxy) is 1. The minimum atomic E-state index is -0.464. The molecule has 0 N–H and O–H groups in total. The van der Waals surface area contributed by atoms with Crippen LogP contribution in [-0.4, -0.2) is 27.1 Å². The summed E-state index contributed by atoms with van der Waals surface area (Å²) >= 11 is 3.39. The van der Waals surface area contributed by atoms with Gasteiger partial charge in [0, 0.05) is 16.6 Å². The Morgan fingerprint density at radius 3 is 2.44 bits per heavy atom. The molecule has 1 aromatic heterocycles. The summed E-state index contributed by atoms with van der Waals surface area (Å²) in [6.07, 6.45) is 3.39. The maximum atomic E-state index is 13.5. The summed E-state index contributed by atoms with van der Waals surface area (Å²) in [5.41, 5.74) is 1.84. The number of nitro groups is 1. The van der Waals surface area contributed by atoms with Gasteiger partial charge >= 0.3 is 5.97 Å². The van der Waals surface area contributed by atoms with Gasteiger partial charge < -0.3 is 4.74 Å². The van der Waals surface area contributed by atoms with Crippen LogP contribution in [0.4, 0.5) is 5.69 Å². The van der Waals surface area contributed by atoms with E-state index in [0.29, 0.717) is 33.5 Å². The van der Waals surface area contributed by atoms with Gasteiger partial charge in [-0.25, -0.2) is 9.78 Å². The highest BCUT2D eigenvalue weighted by Gasteiger charge is 2.13. The molecule has 0 atom stereocenters. The summed E-state index contributed by atoms with van der Waals surface area (Å²) in [5.74, 6) is -0.0812. The largest absolute Gasteiger partial charge is 0.462 e. The van der Waals surface area contributed by atoms with E-state index in [2.05, 4.69) is 20.9 Å². The molecule has 0 spiro atoms. The second-order valence-corrected chi connectivity index (χ2v) is 8.14. The summed E-state index contributed by atoms with van der Waals surface area (Å²) in [5, 5.41) is 11.3. The van der Waals surface area contributed by atoms with Crippen molar-refractivity contribution in [1.29, 1.82) is 0 Å². The van der Waals surface area contributed by atoms with Crippen molar-refractivity contribution in [2.75, 3.05) is 6.61 Å². The van der Waals surface area contributed by atoms with Crippen molar-refractivity contribution in [3.63, 3.8) is 0 Å². The molecule has 8 nitrogen and oxygen atoms in total. The number of benzene rings is 3. The number of nitrogens with zero attached hydrogens (tertiary/aromatic N) is 3. The van der Waals surface area contributed by atoms with Gasteiger partial charge in [0.15, 0.2) is 0 Å². The number of halogens is 1. The lowest BCUT2D eigenvalue weighted by atomic mass is 10.1. The van der Waals surface area contributed by atoms with Crippen molar-refractivity contribution in [1.82, 2.24) is 9.55 Å². The molecule has 4 aromatic rings. The Morgan fingerprint density at radius 1 is 1.09 bits per heavy atom. The van der Waals surface area contributed by atoms with Gasteiger partial charge in [0.1, 0.15) is 5.82 Å². The van der Waals surface area contributed by atoms with Crippen LogP contribution >= 0.6 is 15.9 Å². The second kappa shape index (κ2) is 9.80. The second-order valence-electron chi connectivity index (χ2n) is 7.22. The first kappa shape index (κ1) is 23.1. The Bertz CT molecular complexity index is 1480.